The molecule has 0 radical (unpaired) electrons. The van der Waals surface area contributed by atoms with Gasteiger partial charge in [0.2, 0.25) is 5.95 Å². The molecular weight excluding hydrogens is 518 g/mol. The minimum atomic E-state index is -0.357. The van der Waals surface area contributed by atoms with Crippen molar-refractivity contribution < 1.29 is 4.79 Å². The number of amides is 1. The first-order valence-corrected chi connectivity index (χ1v) is 14.7. The fraction of sp³-hybridized carbons (Fsp3) is 0.364. The van der Waals surface area contributed by atoms with E-state index in [0.29, 0.717) is 16.5 Å². The molecule has 0 spiro atoms. The molecule has 6 rings (SSSR count). The molecule has 40 heavy (non-hydrogen) atoms. The summed E-state index contributed by atoms with van der Waals surface area (Å²) in [5.41, 5.74) is 3.29. The van der Waals surface area contributed by atoms with E-state index in [4.69, 9.17) is 21.6 Å². The van der Waals surface area contributed by atoms with E-state index in [1.807, 2.05) is 37.3 Å². The molecule has 7 heteroatoms. The molecule has 3 aromatic carbocycles. The van der Waals surface area contributed by atoms with Gasteiger partial charge in [0, 0.05) is 42.8 Å². The Balaban J connectivity index is 1.41. The molecule has 1 aliphatic heterocycles. The maximum Gasteiger partial charge on any atom is 0.255 e. The van der Waals surface area contributed by atoms with Gasteiger partial charge in [-0.05, 0) is 60.8 Å². The summed E-state index contributed by atoms with van der Waals surface area (Å²) in [5.74, 6) is 0.572. The van der Waals surface area contributed by atoms with Gasteiger partial charge in [0.15, 0.2) is 0 Å². The molecule has 1 atom stereocenters. The number of nitrogens with one attached hydrogen (secondary N) is 1. The highest BCUT2D eigenvalue weighted by atomic mass is 35.5. The van der Waals surface area contributed by atoms with Crippen LogP contribution in [0.2, 0.25) is 5.02 Å². The van der Waals surface area contributed by atoms with Crippen LogP contribution in [0.5, 0.6) is 0 Å². The number of rotatable bonds is 6. The number of anilines is 1. The summed E-state index contributed by atoms with van der Waals surface area (Å²) in [4.78, 5) is 28.6. The summed E-state index contributed by atoms with van der Waals surface area (Å²) in [7, 11) is 2.14. The lowest BCUT2D eigenvalue weighted by Crippen LogP contribution is -2.45. The first-order chi connectivity index (χ1) is 19.4. The number of hydrogen-bond acceptors (Lipinski definition) is 5. The van der Waals surface area contributed by atoms with Crippen molar-refractivity contribution in [1.82, 2.24) is 20.2 Å². The minimum absolute atomic E-state index is 0.138. The smallest absolute Gasteiger partial charge is 0.255 e. The van der Waals surface area contributed by atoms with E-state index < -0.39 is 0 Å². The number of likely N-dealkylation sites (N-methyl/N-ethyl adjacent to an activating group) is 1. The summed E-state index contributed by atoms with van der Waals surface area (Å²) < 4.78 is 0. The minimum Gasteiger partial charge on any atom is -0.345 e. The van der Waals surface area contributed by atoms with Crippen molar-refractivity contribution in [2.45, 2.75) is 44.1 Å². The lowest BCUT2D eigenvalue weighted by atomic mass is 9.74. The Morgan fingerprint density at radius 3 is 2.40 bits per heavy atom. The molecule has 1 aliphatic carbocycles. The van der Waals surface area contributed by atoms with Crippen molar-refractivity contribution in [3.05, 3.63) is 100 Å². The predicted molar refractivity (Wildman–Crippen MR) is 162 cm³/mol. The van der Waals surface area contributed by atoms with Gasteiger partial charge in [0.25, 0.3) is 5.91 Å². The third-order valence-corrected chi connectivity index (χ3v) is 9.00. The van der Waals surface area contributed by atoms with Gasteiger partial charge in [-0.1, -0.05) is 79.0 Å². The number of aromatic nitrogens is 2. The van der Waals surface area contributed by atoms with Gasteiger partial charge in [-0.15, -0.1) is 0 Å². The maximum atomic E-state index is 14.1. The van der Waals surface area contributed by atoms with E-state index in [1.165, 1.54) is 0 Å². The van der Waals surface area contributed by atoms with Crippen molar-refractivity contribution in [2.24, 2.45) is 0 Å². The van der Waals surface area contributed by atoms with Gasteiger partial charge in [-0.2, -0.15) is 0 Å². The van der Waals surface area contributed by atoms with Crippen LogP contribution >= 0.6 is 11.6 Å². The molecule has 1 unspecified atom stereocenters. The molecule has 6 nitrogen and oxygen atoms in total. The monoisotopic (exact) mass is 553 g/mol. The Morgan fingerprint density at radius 1 is 0.950 bits per heavy atom. The summed E-state index contributed by atoms with van der Waals surface area (Å²) in [6.45, 7) is 5.71. The molecule has 2 aliphatic rings. The van der Waals surface area contributed by atoms with Gasteiger partial charge < -0.3 is 15.1 Å². The van der Waals surface area contributed by atoms with Crippen LogP contribution in [0.15, 0.2) is 72.9 Å². The number of benzene rings is 3. The van der Waals surface area contributed by atoms with E-state index in [9.17, 15) is 4.79 Å². The molecule has 2 heterocycles. The van der Waals surface area contributed by atoms with Crippen molar-refractivity contribution in [3.8, 4) is 0 Å². The summed E-state index contributed by atoms with van der Waals surface area (Å²) in [6, 6.07) is 22.5. The topological polar surface area (TPSA) is 61.4 Å². The van der Waals surface area contributed by atoms with Gasteiger partial charge in [-0.3, -0.25) is 4.79 Å². The Hall–Kier alpha value is -3.48. The average molecular weight is 554 g/mol. The Bertz CT molecular complexity index is 1500. The fourth-order valence-corrected chi connectivity index (χ4v) is 6.58. The summed E-state index contributed by atoms with van der Waals surface area (Å²) in [6.07, 6.45) is 5.81. The Labute approximate surface area is 241 Å². The first-order valence-electron chi connectivity index (χ1n) is 14.3. The maximum absolute atomic E-state index is 14.1. The third-order valence-electron chi connectivity index (χ3n) is 8.75. The number of piperazine rings is 1. The van der Waals surface area contributed by atoms with Crippen molar-refractivity contribution >= 4 is 34.2 Å². The third kappa shape index (κ3) is 5.06. The standard InChI is InChI=1S/C33H36ClN5O/c1-23(27-11-7-9-24-8-3-4-10-28(24)27)36-31(40)29-22-35-32(39-20-18-38(2)19-21-39)37-30(29)33(16-5-6-17-33)25-12-14-26(34)15-13-25/h3-4,7-15,22-23H,5-6,16-21H2,1-2H3,(H,36,40). The van der Waals surface area contributed by atoms with Gasteiger partial charge >= 0.3 is 0 Å². The first kappa shape index (κ1) is 26.7. The average Bonchev–Trinajstić information content (AvgIpc) is 3.48. The number of carbonyl (C=O) groups is 1. The van der Waals surface area contributed by atoms with Crippen LogP contribution < -0.4 is 10.2 Å². The molecule has 1 amide bonds. The molecule has 2 fully saturated rings. The summed E-state index contributed by atoms with van der Waals surface area (Å²) in [5, 5.41) is 6.31. The van der Waals surface area contributed by atoms with Crippen LogP contribution in [0.3, 0.4) is 0 Å². The second kappa shape index (κ2) is 11.2. The normalized spacial score (nSPS) is 18.1. The van der Waals surface area contributed by atoms with Gasteiger partial charge in [0.1, 0.15) is 0 Å². The zero-order valence-corrected chi connectivity index (χ0v) is 24.0. The van der Waals surface area contributed by atoms with Gasteiger partial charge in [0.05, 0.1) is 17.3 Å². The van der Waals surface area contributed by atoms with Crippen LogP contribution in [0.4, 0.5) is 5.95 Å². The molecule has 4 aromatic rings. The highest BCUT2D eigenvalue weighted by Gasteiger charge is 2.42. The second-order valence-electron chi connectivity index (χ2n) is 11.3. The van der Waals surface area contributed by atoms with Crippen LogP contribution in [-0.4, -0.2) is 54.0 Å². The van der Waals surface area contributed by atoms with Crippen LogP contribution in [0.1, 0.15) is 65.8 Å². The molecule has 1 aromatic heterocycles. The highest BCUT2D eigenvalue weighted by molar-refractivity contribution is 6.30. The van der Waals surface area contributed by atoms with Crippen LogP contribution in [0.25, 0.3) is 10.8 Å². The Kier molecular flexibility index (Phi) is 7.47. The number of fused-ring (bicyclic) bond motifs is 1. The molecular formula is C33H36ClN5O. The van der Waals surface area contributed by atoms with E-state index >= 15 is 0 Å². The Morgan fingerprint density at radius 2 is 1.65 bits per heavy atom. The van der Waals surface area contributed by atoms with Crippen LogP contribution in [-0.2, 0) is 5.41 Å². The van der Waals surface area contributed by atoms with E-state index in [-0.39, 0.29) is 17.4 Å². The lowest BCUT2D eigenvalue weighted by molar-refractivity contribution is 0.0937. The van der Waals surface area contributed by atoms with E-state index in [0.717, 1.165) is 79.5 Å². The molecule has 1 saturated carbocycles. The quantitative estimate of drug-likeness (QED) is 0.300. The zero-order valence-electron chi connectivity index (χ0n) is 23.2. The fourth-order valence-electron chi connectivity index (χ4n) is 6.45. The molecule has 206 valence electrons. The number of nitrogens with zero attached hydrogens (tertiary/aromatic N) is 4. The molecule has 0 bridgehead atoms. The second-order valence-corrected chi connectivity index (χ2v) is 11.7. The molecule has 1 saturated heterocycles. The zero-order chi connectivity index (χ0) is 27.7. The largest absolute Gasteiger partial charge is 0.345 e. The highest BCUT2D eigenvalue weighted by Crippen LogP contribution is 2.47. The molecule has 1 N–H and O–H groups in total. The number of halogens is 1. The van der Waals surface area contributed by atoms with Crippen LogP contribution in [0, 0.1) is 0 Å². The summed E-state index contributed by atoms with van der Waals surface area (Å²) >= 11 is 6.29. The van der Waals surface area contributed by atoms with E-state index in [2.05, 4.69) is 58.6 Å². The predicted octanol–water partition coefficient (Wildman–Crippen LogP) is 6.39. The SMILES string of the molecule is CC(NC(=O)c1cnc(N2CCN(C)CC2)nc1C1(c2ccc(Cl)cc2)CCCC1)c1cccc2ccccc12. The number of hydrogen-bond donors (Lipinski definition) is 1. The van der Waals surface area contributed by atoms with Gasteiger partial charge in [-0.25, -0.2) is 9.97 Å². The van der Waals surface area contributed by atoms with E-state index in [1.54, 1.807) is 6.20 Å². The van der Waals surface area contributed by atoms with Crippen molar-refractivity contribution in [3.63, 3.8) is 0 Å². The number of carbonyl (C=O) groups excluding carboxylic acids is 1. The van der Waals surface area contributed by atoms with Crippen molar-refractivity contribution in [2.75, 3.05) is 38.1 Å². The lowest BCUT2D eigenvalue weighted by Gasteiger charge is -2.35. The van der Waals surface area contributed by atoms with Crippen molar-refractivity contribution in [1.29, 1.82) is 0 Å².